The van der Waals surface area contributed by atoms with E-state index >= 15 is 0 Å². The average molecular weight is 473 g/mol. The summed E-state index contributed by atoms with van der Waals surface area (Å²) in [6.45, 7) is 3.18. The van der Waals surface area contributed by atoms with Crippen molar-refractivity contribution in [1.82, 2.24) is 20.1 Å². The van der Waals surface area contributed by atoms with Gasteiger partial charge in [0.15, 0.2) is 5.13 Å². The molecular weight excluding hydrogens is 444 g/mol. The van der Waals surface area contributed by atoms with Gasteiger partial charge in [-0.25, -0.2) is 9.67 Å². The van der Waals surface area contributed by atoms with Gasteiger partial charge in [0.25, 0.3) is 0 Å². The van der Waals surface area contributed by atoms with Crippen LogP contribution in [0.2, 0.25) is 0 Å². The van der Waals surface area contributed by atoms with E-state index in [2.05, 4.69) is 57.8 Å². The molecule has 34 heavy (non-hydrogen) atoms. The van der Waals surface area contributed by atoms with Gasteiger partial charge in [0.1, 0.15) is 0 Å². The largest absolute Gasteiger partial charge is 0.343 e. The molecule has 1 aliphatic rings. The minimum absolute atomic E-state index is 0.654. The van der Waals surface area contributed by atoms with E-state index in [0.717, 1.165) is 55.4 Å². The second kappa shape index (κ2) is 10.2. The molecule has 2 aromatic carbocycles. The van der Waals surface area contributed by atoms with Crippen LogP contribution in [0.25, 0.3) is 5.69 Å². The van der Waals surface area contributed by atoms with Crippen LogP contribution >= 0.6 is 11.3 Å². The fraction of sp³-hybridized carbons (Fsp3) is 0.269. The van der Waals surface area contributed by atoms with Crippen molar-refractivity contribution in [2.45, 2.75) is 19.4 Å². The minimum Gasteiger partial charge on any atom is -0.343 e. The van der Waals surface area contributed by atoms with Gasteiger partial charge in [-0.3, -0.25) is 4.79 Å². The molecule has 174 valence electrons. The first-order valence-electron chi connectivity index (χ1n) is 11.5. The zero-order valence-electron chi connectivity index (χ0n) is 19.2. The van der Waals surface area contributed by atoms with E-state index in [9.17, 15) is 4.79 Å². The molecule has 8 heteroatoms. The summed E-state index contributed by atoms with van der Waals surface area (Å²) in [6, 6.07) is 16.8. The van der Waals surface area contributed by atoms with E-state index in [0.29, 0.717) is 6.54 Å². The first-order valence-corrected chi connectivity index (χ1v) is 12.3. The third-order valence-corrected chi connectivity index (χ3v) is 7.22. The van der Waals surface area contributed by atoms with Gasteiger partial charge in [0, 0.05) is 61.8 Å². The monoisotopic (exact) mass is 472 g/mol. The third kappa shape index (κ3) is 4.88. The summed E-state index contributed by atoms with van der Waals surface area (Å²) < 4.78 is 1.86. The van der Waals surface area contributed by atoms with Crippen LogP contribution in [0.15, 0.2) is 67.1 Å². The molecule has 0 saturated heterocycles. The van der Waals surface area contributed by atoms with Gasteiger partial charge in [0.05, 0.1) is 5.69 Å². The summed E-state index contributed by atoms with van der Waals surface area (Å²) in [6.07, 6.45) is 8.49. The van der Waals surface area contributed by atoms with Crippen molar-refractivity contribution in [2.75, 3.05) is 36.5 Å². The van der Waals surface area contributed by atoms with E-state index < -0.39 is 0 Å². The zero-order chi connectivity index (χ0) is 23.3. The predicted molar refractivity (Wildman–Crippen MR) is 137 cm³/mol. The second-order valence-electron chi connectivity index (χ2n) is 8.43. The van der Waals surface area contributed by atoms with Crippen molar-refractivity contribution >= 4 is 28.6 Å². The summed E-state index contributed by atoms with van der Waals surface area (Å²) in [5, 5.41) is 8.44. The Morgan fingerprint density at radius 2 is 2.06 bits per heavy atom. The molecule has 0 spiro atoms. The van der Waals surface area contributed by atoms with Crippen LogP contribution in [0.5, 0.6) is 0 Å². The Morgan fingerprint density at radius 3 is 2.82 bits per heavy atom. The quantitative estimate of drug-likeness (QED) is 0.377. The Hall–Kier alpha value is -3.49. The maximum atomic E-state index is 11.6. The summed E-state index contributed by atoms with van der Waals surface area (Å²) in [5.41, 5.74) is 5.89. The van der Waals surface area contributed by atoms with Gasteiger partial charge in [-0.05, 0) is 60.5 Å². The highest BCUT2D eigenvalue weighted by Crippen LogP contribution is 2.31. The molecule has 2 aromatic heterocycles. The number of carbonyl (C=O) groups excluding carboxylic acids is 1. The molecule has 5 rings (SSSR count). The lowest BCUT2D eigenvalue weighted by Gasteiger charge is -2.29. The Morgan fingerprint density at radius 1 is 1.18 bits per heavy atom. The van der Waals surface area contributed by atoms with E-state index in [-0.39, 0.29) is 0 Å². The van der Waals surface area contributed by atoms with Crippen molar-refractivity contribution in [3.05, 3.63) is 88.7 Å². The first kappa shape index (κ1) is 22.3. The van der Waals surface area contributed by atoms with Crippen LogP contribution in [0, 0.1) is 0 Å². The van der Waals surface area contributed by atoms with Crippen molar-refractivity contribution in [3.8, 4) is 5.69 Å². The number of aromatic nitrogens is 3. The third-order valence-electron chi connectivity index (χ3n) is 6.16. The van der Waals surface area contributed by atoms with Crippen molar-refractivity contribution in [2.24, 2.45) is 0 Å². The number of rotatable bonds is 9. The number of thiazole rings is 1. The molecule has 0 unspecified atom stereocenters. The summed E-state index contributed by atoms with van der Waals surface area (Å²) in [7, 11) is 1.90. The first-order chi connectivity index (χ1) is 16.7. The smallest absolute Gasteiger partial charge is 0.214 e. The lowest BCUT2D eigenvalue weighted by atomic mass is 9.99. The van der Waals surface area contributed by atoms with Crippen LogP contribution in [0.3, 0.4) is 0 Å². The van der Waals surface area contributed by atoms with Gasteiger partial charge >= 0.3 is 0 Å². The molecule has 1 amide bonds. The number of benzene rings is 2. The van der Waals surface area contributed by atoms with E-state index in [4.69, 9.17) is 4.98 Å². The normalized spacial score (nSPS) is 13.0. The molecule has 1 N–H and O–H groups in total. The van der Waals surface area contributed by atoms with Gasteiger partial charge in [0.2, 0.25) is 6.41 Å². The Bertz CT molecular complexity index is 1230. The molecule has 0 fully saturated rings. The maximum absolute atomic E-state index is 11.6. The highest BCUT2D eigenvalue weighted by molar-refractivity contribution is 7.15. The predicted octanol–water partition coefficient (Wildman–Crippen LogP) is 3.66. The number of carbonyl (C=O) groups is 1. The van der Waals surface area contributed by atoms with Gasteiger partial charge in [-0.2, -0.15) is 5.10 Å². The number of anilines is 2. The van der Waals surface area contributed by atoms with Crippen molar-refractivity contribution in [3.63, 3.8) is 0 Å². The molecule has 7 nitrogen and oxygen atoms in total. The number of nitrogens with zero attached hydrogens (tertiary/aromatic N) is 5. The number of amides is 1. The van der Waals surface area contributed by atoms with Crippen molar-refractivity contribution < 1.29 is 4.79 Å². The fourth-order valence-electron chi connectivity index (χ4n) is 4.27. The lowest BCUT2D eigenvalue weighted by molar-refractivity contribution is -0.107. The fourth-order valence-corrected chi connectivity index (χ4v) is 5.24. The van der Waals surface area contributed by atoms with E-state index in [1.807, 2.05) is 30.2 Å². The Balaban J connectivity index is 1.26. The average Bonchev–Trinajstić information content (AvgIpc) is 3.57. The van der Waals surface area contributed by atoms with Crippen LogP contribution in [0.4, 0.5) is 10.8 Å². The molecule has 0 atom stereocenters. The van der Waals surface area contributed by atoms with Crippen molar-refractivity contribution in [1.29, 1.82) is 0 Å². The van der Waals surface area contributed by atoms with Gasteiger partial charge in [-0.15, -0.1) is 11.3 Å². The standard InChI is InChI=1S/C26H28N6OS/c1-27-11-14-31(19-33)24-8-5-21-9-13-30(18-22(21)16-24)26-28-17-25(34-26)15-20-3-6-23(7-4-20)32-12-2-10-29-32/h2-8,10,12,16-17,19,27H,9,11,13-15,18H2,1H3. The number of fused-ring (bicyclic) bond motifs is 1. The van der Waals surface area contributed by atoms with Gasteiger partial charge < -0.3 is 15.1 Å². The molecule has 4 aromatic rings. The minimum atomic E-state index is 0.654. The lowest BCUT2D eigenvalue weighted by Crippen LogP contribution is -2.32. The van der Waals surface area contributed by atoms with Crippen LogP contribution in [0.1, 0.15) is 21.6 Å². The van der Waals surface area contributed by atoms with Crippen LogP contribution < -0.4 is 15.1 Å². The molecule has 0 bridgehead atoms. The SMILES string of the molecule is CNCCN(C=O)c1ccc2c(c1)CN(c1ncc(Cc3ccc(-n4cccn4)cc3)s1)CC2. The highest BCUT2D eigenvalue weighted by atomic mass is 32.1. The number of hydrogen-bond donors (Lipinski definition) is 1. The molecule has 3 heterocycles. The molecule has 0 radical (unpaired) electrons. The zero-order valence-corrected chi connectivity index (χ0v) is 20.0. The summed E-state index contributed by atoms with van der Waals surface area (Å²) >= 11 is 1.76. The van der Waals surface area contributed by atoms with E-state index in [1.54, 1.807) is 22.4 Å². The maximum Gasteiger partial charge on any atom is 0.214 e. The van der Waals surface area contributed by atoms with E-state index in [1.165, 1.54) is 21.6 Å². The summed E-state index contributed by atoms with van der Waals surface area (Å²) in [5.74, 6) is 0. The topological polar surface area (TPSA) is 66.3 Å². The summed E-state index contributed by atoms with van der Waals surface area (Å²) in [4.78, 5) is 21.7. The molecular formula is C26H28N6OS. The van der Waals surface area contributed by atoms with Gasteiger partial charge in [-0.1, -0.05) is 18.2 Å². The Kier molecular flexibility index (Phi) is 6.69. The Labute approximate surface area is 203 Å². The molecule has 1 aliphatic heterocycles. The molecule has 0 saturated carbocycles. The van der Waals surface area contributed by atoms with Crippen LogP contribution in [-0.2, 0) is 24.2 Å². The second-order valence-corrected chi connectivity index (χ2v) is 9.52. The number of nitrogens with one attached hydrogen (secondary N) is 1. The number of hydrogen-bond acceptors (Lipinski definition) is 6. The van der Waals surface area contributed by atoms with Crippen LogP contribution in [-0.4, -0.2) is 47.9 Å². The molecule has 0 aliphatic carbocycles. The highest BCUT2D eigenvalue weighted by Gasteiger charge is 2.20. The number of likely N-dealkylation sites (N-methyl/N-ethyl adjacent to an activating group) is 1.